The van der Waals surface area contributed by atoms with E-state index in [2.05, 4.69) is 4.98 Å². The fourth-order valence-electron chi connectivity index (χ4n) is 1.86. The lowest BCUT2D eigenvalue weighted by molar-refractivity contribution is 0.0742. The van der Waals surface area contributed by atoms with Gasteiger partial charge in [-0.3, -0.25) is 9.78 Å². The van der Waals surface area contributed by atoms with Crippen LogP contribution >= 0.6 is 0 Å². The van der Waals surface area contributed by atoms with Crippen LogP contribution in [-0.4, -0.2) is 34.9 Å². The molecule has 4 nitrogen and oxygen atoms in total. The minimum absolute atomic E-state index is 0.0912. The Hall–Kier alpha value is -1.42. The average Bonchev–Trinajstić information content (AvgIpc) is 3.14. The lowest BCUT2D eigenvalue weighted by atomic mass is 10.2. The van der Waals surface area contributed by atoms with Gasteiger partial charge in [-0.05, 0) is 44.9 Å². The van der Waals surface area contributed by atoms with E-state index in [1.54, 1.807) is 6.20 Å². The highest BCUT2D eigenvalue weighted by molar-refractivity contribution is 5.94. The highest BCUT2D eigenvalue weighted by atomic mass is 16.2. The van der Waals surface area contributed by atoms with E-state index in [0.29, 0.717) is 18.2 Å². The molecule has 1 saturated carbocycles. The van der Waals surface area contributed by atoms with Crippen LogP contribution in [0.25, 0.3) is 0 Å². The summed E-state index contributed by atoms with van der Waals surface area (Å²) in [5.41, 5.74) is 7.12. The Kier molecular flexibility index (Phi) is 3.74. The van der Waals surface area contributed by atoms with E-state index in [9.17, 15) is 4.79 Å². The number of carbonyl (C=O) groups excluding carboxylic acids is 1. The third-order valence-corrected chi connectivity index (χ3v) is 3.01. The Balaban J connectivity index is 2.07. The van der Waals surface area contributed by atoms with E-state index in [1.165, 1.54) is 0 Å². The molecule has 0 aliphatic heterocycles. The van der Waals surface area contributed by atoms with Gasteiger partial charge in [0, 0.05) is 24.5 Å². The summed E-state index contributed by atoms with van der Waals surface area (Å²) >= 11 is 0. The zero-order valence-corrected chi connectivity index (χ0v) is 10.2. The monoisotopic (exact) mass is 233 g/mol. The lowest BCUT2D eigenvalue weighted by Gasteiger charge is -2.22. The Bertz CT molecular complexity index is 384. The minimum atomic E-state index is 0.0912. The van der Waals surface area contributed by atoms with E-state index in [0.717, 1.165) is 31.5 Å². The first kappa shape index (κ1) is 12.0. The van der Waals surface area contributed by atoms with E-state index in [-0.39, 0.29) is 5.91 Å². The van der Waals surface area contributed by atoms with Gasteiger partial charge in [0.1, 0.15) is 0 Å². The standard InChI is InChI=1S/C13H19N3O/c1-10-3-4-11(9-15-10)13(17)16(8-2-7-14)12-5-6-12/h3-4,9,12H,2,5-8,14H2,1H3. The van der Waals surface area contributed by atoms with Crippen molar-refractivity contribution >= 4 is 5.91 Å². The smallest absolute Gasteiger partial charge is 0.255 e. The van der Waals surface area contributed by atoms with Crippen LogP contribution in [-0.2, 0) is 0 Å². The maximum Gasteiger partial charge on any atom is 0.255 e. The van der Waals surface area contributed by atoms with Gasteiger partial charge in [-0.15, -0.1) is 0 Å². The number of carbonyl (C=O) groups is 1. The number of nitrogens with two attached hydrogens (primary N) is 1. The first-order valence-corrected chi connectivity index (χ1v) is 6.16. The molecule has 0 radical (unpaired) electrons. The van der Waals surface area contributed by atoms with Gasteiger partial charge in [-0.25, -0.2) is 0 Å². The summed E-state index contributed by atoms with van der Waals surface area (Å²) in [5.74, 6) is 0.0912. The molecule has 0 spiro atoms. The van der Waals surface area contributed by atoms with Crippen LogP contribution in [0.5, 0.6) is 0 Å². The van der Waals surface area contributed by atoms with E-state index < -0.39 is 0 Å². The topological polar surface area (TPSA) is 59.2 Å². The van der Waals surface area contributed by atoms with Crippen molar-refractivity contribution in [2.24, 2.45) is 5.73 Å². The van der Waals surface area contributed by atoms with Crippen molar-refractivity contribution in [2.45, 2.75) is 32.2 Å². The first-order valence-electron chi connectivity index (χ1n) is 6.16. The summed E-state index contributed by atoms with van der Waals surface area (Å²) in [7, 11) is 0. The number of rotatable bonds is 5. The molecule has 4 heteroatoms. The van der Waals surface area contributed by atoms with Crippen LogP contribution in [0.15, 0.2) is 18.3 Å². The Morgan fingerprint density at radius 2 is 2.29 bits per heavy atom. The van der Waals surface area contributed by atoms with Crippen LogP contribution < -0.4 is 5.73 Å². The molecule has 1 fully saturated rings. The minimum Gasteiger partial charge on any atom is -0.336 e. The Morgan fingerprint density at radius 1 is 1.53 bits per heavy atom. The van der Waals surface area contributed by atoms with Gasteiger partial charge in [0.15, 0.2) is 0 Å². The average molecular weight is 233 g/mol. The fraction of sp³-hybridized carbons (Fsp3) is 0.538. The number of aryl methyl sites for hydroxylation is 1. The van der Waals surface area contributed by atoms with Gasteiger partial charge in [0.05, 0.1) is 5.56 Å². The van der Waals surface area contributed by atoms with Crippen molar-refractivity contribution in [1.29, 1.82) is 0 Å². The molecule has 0 aromatic carbocycles. The second-order valence-corrected chi connectivity index (χ2v) is 4.56. The predicted octanol–water partition coefficient (Wildman–Crippen LogP) is 1.34. The number of nitrogens with zero attached hydrogens (tertiary/aromatic N) is 2. The lowest BCUT2D eigenvalue weighted by Crippen LogP contribution is -2.35. The number of pyridine rings is 1. The molecule has 2 N–H and O–H groups in total. The highest BCUT2D eigenvalue weighted by Crippen LogP contribution is 2.28. The molecule has 2 rings (SSSR count). The van der Waals surface area contributed by atoms with Gasteiger partial charge in [-0.2, -0.15) is 0 Å². The quantitative estimate of drug-likeness (QED) is 0.835. The van der Waals surface area contributed by atoms with E-state index in [4.69, 9.17) is 5.73 Å². The molecule has 17 heavy (non-hydrogen) atoms. The fourth-order valence-corrected chi connectivity index (χ4v) is 1.86. The molecule has 1 amide bonds. The molecule has 1 heterocycles. The van der Waals surface area contributed by atoms with Gasteiger partial charge < -0.3 is 10.6 Å². The van der Waals surface area contributed by atoms with Crippen LogP contribution in [0.2, 0.25) is 0 Å². The molecule has 0 unspecified atom stereocenters. The van der Waals surface area contributed by atoms with Crippen molar-refractivity contribution in [3.05, 3.63) is 29.6 Å². The zero-order chi connectivity index (χ0) is 12.3. The largest absolute Gasteiger partial charge is 0.336 e. The summed E-state index contributed by atoms with van der Waals surface area (Å²) in [6, 6.07) is 4.15. The molecule has 0 atom stereocenters. The molecular formula is C13H19N3O. The van der Waals surface area contributed by atoms with Crippen LogP contribution in [0, 0.1) is 6.92 Å². The third kappa shape index (κ3) is 3.03. The number of hydrogen-bond acceptors (Lipinski definition) is 3. The third-order valence-electron chi connectivity index (χ3n) is 3.01. The van der Waals surface area contributed by atoms with Crippen molar-refractivity contribution in [3.8, 4) is 0 Å². The molecule has 1 aromatic heterocycles. The van der Waals surface area contributed by atoms with Crippen molar-refractivity contribution in [1.82, 2.24) is 9.88 Å². The Morgan fingerprint density at radius 3 is 2.82 bits per heavy atom. The van der Waals surface area contributed by atoms with Gasteiger partial charge in [-0.1, -0.05) is 0 Å². The van der Waals surface area contributed by atoms with Gasteiger partial charge >= 0.3 is 0 Å². The predicted molar refractivity (Wildman–Crippen MR) is 66.7 cm³/mol. The van der Waals surface area contributed by atoms with Crippen LogP contribution in [0.4, 0.5) is 0 Å². The number of hydrogen-bond donors (Lipinski definition) is 1. The first-order chi connectivity index (χ1) is 8.22. The summed E-state index contributed by atoms with van der Waals surface area (Å²) < 4.78 is 0. The molecule has 1 aliphatic rings. The zero-order valence-electron chi connectivity index (χ0n) is 10.2. The maximum atomic E-state index is 12.3. The van der Waals surface area contributed by atoms with Gasteiger partial charge in [0.25, 0.3) is 5.91 Å². The number of aromatic nitrogens is 1. The molecular weight excluding hydrogens is 214 g/mol. The SMILES string of the molecule is Cc1ccc(C(=O)N(CCCN)C2CC2)cn1. The summed E-state index contributed by atoms with van der Waals surface area (Å²) in [6.07, 6.45) is 4.77. The summed E-state index contributed by atoms with van der Waals surface area (Å²) in [6.45, 7) is 3.30. The van der Waals surface area contributed by atoms with Crippen LogP contribution in [0.3, 0.4) is 0 Å². The number of amides is 1. The van der Waals surface area contributed by atoms with Crippen molar-refractivity contribution in [2.75, 3.05) is 13.1 Å². The van der Waals surface area contributed by atoms with Crippen LogP contribution in [0.1, 0.15) is 35.3 Å². The van der Waals surface area contributed by atoms with E-state index in [1.807, 2.05) is 24.0 Å². The molecule has 0 saturated heterocycles. The second kappa shape index (κ2) is 5.27. The van der Waals surface area contributed by atoms with Crippen molar-refractivity contribution in [3.63, 3.8) is 0 Å². The molecule has 1 aliphatic carbocycles. The van der Waals surface area contributed by atoms with E-state index >= 15 is 0 Å². The van der Waals surface area contributed by atoms with Gasteiger partial charge in [0.2, 0.25) is 0 Å². The molecule has 1 aromatic rings. The Labute approximate surface area is 102 Å². The molecule has 0 bridgehead atoms. The van der Waals surface area contributed by atoms with Crippen molar-refractivity contribution < 1.29 is 4.79 Å². The normalized spacial score (nSPS) is 14.7. The second-order valence-electron chi connectivity index (χ2n) is 4.56. The summed E-state index contributed by atoms with van der Waals surface area (Å²) in [5, 5.41) is 0. The highest BCUT2D eigenvalue weighted by Gasteiger charge is 2.32. The molecule has 92 valence electrons. The maximum absolute atomic E-state index is 12.3. The summed E-state index contributed by atoms with van der Waals surface area (Å²) in [4.78, 5) is 18.4.